The van der Waals surface area contributed by atoms with Crippen molar-refractivity contribution in [1.82, 2.24) is 15.1 Å². The van der Waals surface area contributed by atoms with Crippen LogP contribution in [-0.2, 0) is 17.7 Å². The second-order valence-corrected chi connectivity index (χ2v) is 5.53. The number of hydrogen-bond acceptors (Lipinski definition) is 3. The summed E-state index contributed by atoms with van der Waals surface area (Å²) in [6.45, 7) is 9.87. The Balaban J connectivity index is 2.74. The molecule has 4 nitrogen and oxygen atoms in total. The highest BCUT2D eigenvalue weighted by atomic mass is 79.9. The van der Waals surface area contributed by atoms with E-state index in [2.05, 4.69) is 51.8 Å². The highest BCUT2D eigenvalue weighted by Crippen LogP contribution is 2.22. The Hall–Kier alpha value is -0.390. The minimum absolute atomic E-state index is 0.266. The number of ether oxygens (including phenoxy) is 1. The number of rotatable bonds is 7. The van der Waals surface area contributed by atoms with E-state index in [0.29, 0.717) is 12.6 Å². The molecular weight excluding hydrogens is 294 g/mol. The van der Waals surface area contributed by atoms with E-state index in [1.54, 1.807) is 0 Å². The van der Waals surface area contributed by atoms with Gasteiger partial charge in [-0.05, 0) is 50.7 Å². The maximum atomic E-state index is 5.68. The average molecular weight is 318 g/mol. The Labute approximate surface area is 118 Å². The van der Waals surface area contributed by atoms with Crippen LogP contribution >= 0.6 is 15.9 Å². The van der Waals surface area contributed by atoms with Gasteiger partial charge in [0.15, 0.2) is 0 Å². The highest BCUT2D eigenvalue weighted by molar-refractivity contribution is 9.10. The number of halogens is 1. The Morgan fingerprint density at radius 2 is 2.11 bits per heavy atom. The SMILES string of the molecule is CCn1nc(C)c(Br)c1CC(COC(C)C)NC. The van der Waals surface area contributed by atoms with Crippen molar-refractivity contribution >= 4 is 15.9 Å². The molecule has 0 fully saturated rings. The molecule has 1 N–H and O–H groups in total. The van der Waals surface area contributed by atoms with Crippen LogP contribution in [0.3, 0.4) is 0 Å². The summed E-state index contributed by atoms with van der Waals surface area (Å²) in [6, 6.07) is 0.310. The zero-order valence-electron chi connectivity index (χ0n) is 12.0. The van der Waals surface area contributed by atoms with Gasteiger partial charge < -0.3 is 10.1 Å². The molecule has 0 radical (unpaired) electrons. The molecule has 1 aromatic heterocycles. The molecule has 0 aliphatic rings. The molecule has 1 rings (SSSR count). The predicted octanol–water partition coefficient (Wildman–Crippen LogP) is 2.53. The number of hydrogen-bond donors (Lipinski definition) is 1. The lowest BCUT2D eigenvalue weighted by Crippen LogP contribution is -2.34. The average Bonchev–Trinajstić information content (AvgIpc) is 2.61. The number of likely N-dealkylation sites (N-methyl/N-ethyl adjacent to an activating group) is 1. The number of aryl methyl sites for hydroxylation is 2. The summed E-state index contributed by atoms with van der Waals surface area (Å²) in [4.78, 5) is 0. The third-order valence-electron chi connectivity index (χ3n) is 2.93. The minimum atomic E-state index is 0.266. The van der Waals surface area contributed by atoms with E-state index in [9.17, 15) is 0 Å². The van der Waals surface area contributed by atoms with E-state index >= 15 is 0 Å². The fourth-order valence-corrected chi connectivity index (χ4v) is 2.30. The molecule has 0 aliphatic carbocycles. The van der Waals surface area contributed by atoms with E-state index < -0.39 is 0 Å². The summed E-state index contributed by atoms with van der Waals surface area (Å²) >= 11 is 3.63. The smallest absolute Gasteiger partial charge is 0.0738 e. The Morgan fingerprint density at radius 1 is 1.44 bits per heavy atom. The monoisotopic (exact) mass is 317 g/mol. The van der Waals surface area contributed by atoms with Gasteiger partial charge in [-0.1, -0.05) is 0 Å². The molecule has 104 valence electrons. The first-order valence-corrected chi connectivity index (χ1v) is 7.29. The molecule has 0 spiro atoms. The third kappa shape index (κ3) is 4.07. The molecule has 1 atom stereocenters. The summed E-state index contributed by atoms with van der Waals surface area (Å²) < 4.78 is 8.85. The quantitative estimate of drug-likeness (QED) is 0.840. The standard InChI is InChI=1S/C13H24BrN3O/c1-6-17-12(13(14)10(4)16-17)7-11(15-5)8-18-9(2)3/h9,11,15H,6-8H2,1-5H3. The first-order valence-electron chi connectivity index (χ1n) is 6.50. The second-order valence-electron chi connectivity index (χ2n) is 4.73. The number of nitrogens with zero attached hydrogens (tertiary/aromatic N) is 2. The van der Waals surface area contributed by atoms with Gasteiger partial charge in [-0.25, -0.2) is 0 Å². The fraction of sp³-hybridized carbons (Fsp3) is 0.769. The Morgan fingerprint density at radius 3 is 2.61 bits per heavy atom. The van der Waals surface area contributed by atoms with Crippen LogP contribution in [0.1, 0.15) is 32.2 Å². The molecule has 0 saturated heterocycles. The fourth-order valence-electron chi connectivity index (χ4n) is 1.85. The van der Waals surface area contributed by atoms with Crippen LogP contribution in [-0.4, -0.2) is 35.6 Å². The molecule has 18 heavy (non-hydrogen) atoms. The molecule has 0 bridgehead atoms. The van der Waals surface area contributed by atoms with Gasteiger partial charge in [0.05, 0.1) is 28.6 Å². The third-order valence-corrected chi connectivity index (χ3v) is 3.96. The van der Waals surface area contributed by atoms with Crippen molar-refractivity contribution in [2.24, 2.45) is 0 Å². The maximum Gasteiger partial charge on any atom is 0.0738 e. The van der Waals surface area contributed by atoms with Gasteiger partial charge in [0, 0.05) is 19.0 Å². The Kier molecular flexibility index (Phi) is 6.32. The zero-order chi connectivity index (χ0) is 13.7. The molecule has 1 aromatic rings. The molecule has 5 heteroatoms. The second kappa shape index (κ2) is 7.26. The van der Waals surface area contributed by atoms with Crippen molar-refractivity contribution in [3.63, 3.8) is 0 Å². The lowest BCUT2D eigenvalue weighted by Gasteiger charge is -2.18. The topological polar surface area (TPSA) is 39.1 Å². The molecule has 1 heterocycles. The van der Waals surface area contributed by atoms with Crippen LogP contribution in [0.15, 0.2) is 4.47 Å². The summed E-state index contributed by atoms with van der Waals surface area (Å²) in [5.74, 6) is 0. The maximum absolute atomic E-state index is 5.68. The zero-order valence-corrected chi connectivity index (χ0v) is 13.5. The number of aromatic nitrogens is 2. The number of nitrogens with one attached hydrogen (secondary N) is 1. The van der Waals surface area contributed by atoms with Crippen LogP contribution in [0, 0.1) is 6.92 Å². The van der Waals surface area contributed by atoms with Crippen molar-refractivity contribution in [1.29, 1.82) is 0 Å². The molecular formula is C13H24BrN3O. The summed E-state index contributed by atoms with van der Waals surface area (Å²) in [5, 5.41) is 7.82. The minimum Gasteiger partial charge on any atom is -0.377 e. The molecule has 1 unspecified atom stereocenters. The lowest BCUT2D eigenvalue weighted by molar-refractivity contribution is 0.0623. The molecule has 0 amide bonds. The van der Waals surface area contributed by atoms with E-state index in [-0.39, 0.29) is 6.10 Å². The first kappa shape index (κ1) is 15.7. The van der Waals surface area contributed by atoms with Crippen LogP contribution in [0.2, 0.25) is 0 Å². The summed E-state index contributed by atoms with van der Waals surface area (Å²) in [5.41, 5.74) is 2.29. The normalized spacial score (nSPS) is 13.3. The molecule has 0 saturated carbocycles. The van der Waals surface area contributed by atoms with Crippen molar-refractivity contribution < 1.29 is 4.74 Å². The van der Waals surface area contributed by atoms with Crippen molar-refractivity contribution in [3.05, 3.63) is 15.9 Å². The molecule has 0 aliphatic heterocycles. The van der Waals surface area contributed by atoms with Gasteiger partial charge in [0.25, 0.3) is 0 Å². The van der Waals surface area contributed by atoms with Crippen LogP contribution in [0.4, 0.5) is 0 Å². The lowest BCUT2D eigenvalue weighted by atomic mass is 10.1. The molecule has 0 aromatic carbocycles. The van der Waals surface area contributed by atoms with Gasteiger partial charge in [0.1, 0.15) is 0 Å². The summed E-state index contributed by atoms with van der Waals surface area (Å²) in [7, 11) is 1.97. The van der Waals surface area contributed by atoms with E-state index in [0.717, 1.165) is 23.1 Å². The van der Waals surface area contributed by atoms with E-state index in [1.807, 2.05) is 14.0 Å². The Bertz CT molecular complexity index is 377. The van der Waals surface area contributed by atoms with Crippen molar-refractivity contribution in [2.45, 2.75) is 52.8 Å². The summed E-state index contributed by atoms with van der Waals surface area (Å²) in [6.07, 6.45) is 1.18. The van der Waals surface area contributed by atoms with Gasteiger partial charge in [-0.15, -0.1) is 0 Å². The predicted molar refractivity (Wildman–Crippen MR) is 78.0 cm³/mol. The van der Waals surface area contributed by atoms with Gasteiger partial charge in [-0.2, -0.15) is 5.10 Å². The van der Waals surface area contributed by atoms with Crippen LogP contribution in [0.25, 0.3) is 0 Å². The largest absolute Gasteiger partial charge is 0.377 e. The van der Waals surface area contributed by atoms with E-state index in [4.69, 9.17) is 4.74 Å². The van der Waals surface area contributed by atoms with E-state index in [1.165, 1.54) is 5.69 Å². The first-order chi connectivity index (χ1) is 8.49. The highest BCUT2D eigenvalue weighted by Gasteiger charge is 2.17. The van der Waals surface area contributed by atoms with Gasteiger partial charge in [-0.3, -0.25) is 4.68 Å². The van der Waals surface area contributed by atoms with Gasteiger partial charge in [0.2, 0.25) is 0 Å². The van der Waals surface area contributed by atoms with Crippen molar-refractivity contribution in [3.8, 4) is 0 Å². The van der Waals surface area contributed by atoms with Crippen LogP contribution < -0.4 is 5.32 Å². The van der Waals surface area contributed by atoms with Gasteiger partial charge >= 0.3 is 0 Å². The van der Waals surface area contributed by atoms with Crippen molar-refractivity contribution in [2.75, 3.05) is 13.7 Å². The van der Waals surface area contributed by atoms with Crippen LogP contribution in [0.5, 0.6) is 0 Å².